The van der Waals surface area contributed by atoms with Gasteiger partial charge >= 0.3 is 0 Å². The van der Waals surface area contributed by atoms with Crippen molar-refractivity contribution in [1.29, 1.82) is 0 Å². The van der Waals surface area contributed by atoms with Crippen molar-refractivity contribution >= 4 is 17.5 Å². The zero-order valence-corrected chi connectivity index (χ0v) is 20.7. The van der Waals surface area contributed by atoms with Crippen LogP contribution >= 0.6 is 0 Å². The number of para-hydroxylation sites is 1. The third kappa shape index (κ3) is 8.06. The van der Waals surface area contributed by atoms with Crippen LogP contribution in [0.4, 0.5) is 5.69 Å². The molecular weight excluding hydrogens is 420 g/mol. The second kappa shape index (κ2) is 13.6. The first kappa shape index (κ1) is 25.6. The lowest BCUT2D eigenvalue weighted by Gasteiger charge is -2.26. The van der Waals surface area contributed by atoms with Crippen LogP contribution in [0.15, 0.2) is 48.5 Å². The van der Waals surface area contributed by atoms with Gasteiger partial charge in [-0.25, -0.2) is 0 Å². The molecule has 0 spiro atoms. The number of amides is 2. The van der Waals surface area contributed by atoms with Crippen LogP contribution in [0.2, 0.25) is 0 Å². The minimum Gasteiger partial charge on any atom is -0.356 e. The molecule has 4 nitrogen and oxygen atoms in total. The van der Waals surface area contributed by atoms with Crippen molar-refractivity contribution in [2.45, 2.75) is 78.2 Å². The summed E-state index contributed by atoms with van der Waals surface area (Å²) < 4.78 is 0. The maximum atomic E-state index is 13.2. The zero-order valence-electron chi connectivity index (χ0n) is 20.7. The van der Waals surface area contributed by atoms with Crippen molar-refractivity contribution < 1.29 is 9.59 Å². The van der Waals surface area contributed by atoms with Gasteiger partial charge in [0.2, 0.25) is 11.8 Å². The fourth-order valence-corrected chi connectivity index (χ4v) is 4.25. The number of nitrogens with zero attached hydrogens (tertiary/aromatic N) is 1. The molecule has 1 heterocycles. The Morgan fingerprint density at radius 2 is 1.53 bits per heavy atom. The molecule has 34 heavy (non-hydrogen) atoms. The molecule has 2 aromatic rings. The summed E-state index contributed by atoms with van der Waals surface area (Å²) in [5.41, 5.74) is 3.75. The SMILES string of the molecule is CC(C)CCCCCCNC(=O)CCCCC(=O)N1Cc2ccccc2C#Cc2ccccc21. The predicted molar refractivity (Wildman–Crippen MR) is 139 cm³/mol. The first-order chi connectivity index (χ1) is 16.5. The molecule has 1 aliphatic heterocycles. The molecular formula is C30H38N2O2. The molecule has 0 atom stereocenters. The van der Waals surface area contributed by atoms with E-state index in [9.17, 15) is 9.59 Å². The molecule has 0 radical (unpaired) electrons. The molecule has 0 saturated carbocycles. The third-order valence-electron chi connectivity index (χ3n) is 6.25. The first-order valence-electron chi connectivity index (χ1n) is 12.8. The van der Waals surface area contributed by atoms with E-state index >= 15 is 0 Å². The van der Waals surface area contributed by atoms with E-state index in [2.05, 4.69) is 31.0 Å². The summed E-state index contributed by atoms with van der Waals surface area (Å²) in [6.45, 7) is 5.79. The summed E-state index contributed by atoms with van der Waals surface area (Å²) in [5, 5.41) is 3.02. The van der Waals surface area contributed by atoms with Crippen LogP contribution in [-0.4, -0.2) is 18.4 Å². The molecule has 1 aliphatic rings. The second-order valence-electron chi connectivity index (χ2n) is 9.56. The summed E-state index contributed by atoms with van der Waals surface area (Å²) in [6.07, 6.45) is 8.34. The zero-order chi connectivity index (χ0) is 24.2. The Morgan fingerprint density at radius 3 is 2.35 bits per heavy atom. The predicted octanol–water partition coefficient (Wildman–Crippen LogP) is 6.22. The third-order valence-corrected chi connectivity index (χ3v) is 6.25. The monoisotopic (exact) mass is 458 g/mol. The Morgan fingerprint density at radius 1 is 0.853 bits per heavy atom. The van der Waals surface area contributed by atoms with Crippen molar-refractivity contribution in [3.63, 3.8) is 0 Å². The molecule has 0 saturated heterocycles. The lowest BCUT2D eigenvalue weighted by atomic mass is 10.0. The Balaban J connectivity index is 1.43. The summed E-state index contributed by atoms with van der Waals surface area (Å²) in [5.74, 6) is 7.42. The van der Waals surface area contributed by atoms with Gasteiger partial charge in [-0.3, -0.25) is 9.59 Å². The summed E-state index contributed by atoms with van der Waals surface area (Å²) in [4.78, 5) is 27.2. The number of fused-ring (bicyclic) bond motifs is 2. The van der Waals surface area contributed by atoms with Gasteiger partial charge in [0.25, 0.3) is 0 Å². The number of carbonyl (C=O) groups excluding carboxylic acids is 2. The van der Waals surface area contributed by atoms with Gasteiger partial charge in [-0.05, 0) is 48.9 Å². The number of unbranched alkanes of at least 4 members (excludes halogenated alkanes) is 4. The van der Waals surface area contributed by atoms with Crippen LogP contribution in [0.3, 0.4) is 0 Å². The van der Waals surface area contributed by atoms with Crippen molar-refractivity contribution in [3.05, 3.63) is 65.2 Å². The van der Waals surface area contributed by atoms with Crippen LogP contribution in [0.1, 0.15) is 88.3 Å². The van der Waals surface area contributed by atoms with E-state index in [1.807, 2.05) is 53.4 Å². The summed E-state index contributed by atoms with van der Waals surface area (Å²) in [6, 6.07) is 15.8. The number of nitrogens with one attached hydrogen (secondary N) is 1. The van der Waals surface area contributed by atoms with Gasteiger partial charge in [-0.1, -0.05) is 81.7 Å². The number of rotatable bonds is 12. The fraction of sp³-hybridized carbons (Fsp3) is 0.467. The molecule has 180 valence electrons. The van der Waals surface area contributed by atoms with E-state index < -0.39 is 0 Å². The average Bonchev–Trinajstić information content (AvgIpc) is 2.82. The number of hydrogen-bond donors (Lipinski definition) is 1. The maximum absolute atomic E-state index is 13.2. The van der Waals surface area contributed by atoms with Crippen LogP contribution < -0.4 is 10.2 Å². The highest BCUT2D eigenvalue weighted by Crippen LogP contribution is 2.26. The Hall–Kier alpha value is -3.06. The minimum absolute atomic E-state index is 0.0766. The van der Waals surface area contributed by atoms with Gasteiger partial charge in [0, 0.05) is 30.5 Å². The van der Waals surface area contributed by atoms with Gasteiger partial charge in [0.05, 0.1) is 12.2 Å². The van der Waals surface area contributed by atoms with Gasteiger partial charge < -0.3 is 10.2 Å². The smallest absolute Gasteiger partial charge is 0.227 e. The Bertz CT molecular complexity index is 1020. The highest BCUT2D eigenvalue weighted by atomic mass is 16.2. The molecule has 2 aromatic carbocycles. The van der Waals surface area contributed by atoms with Gasteiger partial charge in [-0.15, -0.1) is 0 Å². The minimum atomic E-state index is 0.0766. The van der Waals surface area contributed by atoms with Gasteiger partial charge in [0.1, 0.15) is 0 Å². The van der Waals surface area contributed by atoms with E-state index in [-0.39, 0.29) is 11.8 Å². The van der Waals surface area contributed by atoms with Crippen molar-refractivity contribution in [2.24, 2.45) is 5.92 Å². The molecule has 0 aliphatic carbocycles. The standard InChI is InChI=1S/C30H38N2O2/c1-24(2)13-5-3-4-12-22-31-29(33)18-10-11-19-30(34)32-23-27-16-7-6-14-25(27)20-21-26-15-8-9-17-28(26)32/h6-9,14-17,24H,3-5,10-13,18-19,22-23H2,1-2H3,(H,31,33). The quantitative estimate of drug-likeness (QED) is 0.303. The van der Waals surface area contributed by atoms with Crippen molar-refractivity contribution in [2.75, 3.05) is 11.4 Å². The number of carbonyl (C=O) groups is 2. The normalized spacial score (nSPS) is 12.1. The molecule has 4 heteroatoms. The maximum Gasteiger partial charge on any atom is 0.227 e. The Labute approximate surface area is 205 Å². The first-order valence-corrected chi connectivity index (χ1v) is 12.8. The van der Waals surface area contributed by atoms with E-state index in [1.165, 1.54) is 25.7 Å². The molecule has 0 fully saturated rings. The van der Waals surface area contributed by atoms with E-state index in [4.69, 9.17) is 0 Å². The molecule has 0 aromatic heterocycles. The molecule has 3 rings (SSSR count). The number of anilines is 1. The van der Waals surface area contributed by atoms with E-state index in [0.29, 0.717) is 25.8 Å². The number of hydrogen-bond acceptors (Lipinski definition) is 2. The second-order valence-corrected chi connectivity index (χ2v) is 9.56. The molecule has 1 N–H and O–H groups in total. The van der Waals surface area contributed by atoms with Gasteiger partial charge in [0.15, 0.2) is 0 Å². The van der Waals surface area contributed by atoms with Crippen LogP contribution in [-0.2, 0) is 16.1 Å². The molecule has 0 bridgehead atoms. The van der Waals surface area contributed by atoms with Crippen LogP contribution in [0.5, 0.6) is 0 Å². The highest BCUT2D eigenvalue weighted by molar-refractivity contribution is 5.95. The lowest BCUT2D eigenvalue weighted by molar-refractivity contribution is -0.122. The van der Waals surface area contributed by atoms with Gasteiger partial charge in [-0.2, -0.15) is 0 Å². The van der Waals surface area contributed by atoms with Crippen LogP contribution in [0.25, 0.3) is 0 Å². The molecule has 0 unspecified atom stereocenters. The van der Waals surface area contributed by atoms with E-state index in [1.54, 1.807) is 0 Å². The van der Waals surface area contributed by atoms with Crippen LogP contribution in [0, 0.1) is 17.8 Å². The average molecular weight is 459 g/mol. The van der Waals surface area contributed by atoms with Crippen molar-refractivity contribution in [3.8, 4) is 11.8 Å². The van der Waals surface area contributed by atoms with Crippen molar-refractivity contribution in [1.82, 2.24) is 5.32 Å². The summed E-state index contributed by atoms with van der Waals surface area (Å²) >= 11 is 0. The largest absolute Gasteiger partial charge is 0.356 e. The fourth-order valence-electron chi connectivity index (χ4n) is 4.25. The lowest BCUT2D eigenvalue weighted by Crippen LogP contribution is -2.31. The number of benzene rings is 2. The Kier molecular flexibility index (Phi) is 10.2. The molecule has 2 amide bonds. The summed E-state index contributed by atoms with van der Waals surface area (Å²) in [7, 11) is 0. The highest BCUT2D eigenvalue weighted by Gasteiger charge is 2.20. The van der Waals surface area contributed by atoms with E-state index in [0.717, 1.165) is 47.7 Å². The topological polar surface area (TPSA) is 49.4 Å².